The van der Waals surface area contributed by atoms with Crippen molar-refractivity contribution in [1.29, 1.82) is 0 Å². The number of carbonyl (C=O) groups is 4. The van der Waals surface area contributed by atoms with Crippen LogP contribution in [-0.4, -0.2) is 54.0 Å². The van der Waals surface area contributed by atoms with Crippen LogP contribution in [-0.2, 0) is 19.1 Å². The molecule has 1 saturated heterocycles. The van der Waals surface area contributed by atoms with E-state index in [1.54, 1.807) is 13.8 Å². The lowest BCUT2D eigenvalue weighted by molar-refractivity contribution is -0.151. The number of carbonyl (C=O) groups excluding carboxylic acids is 4. The summed E-state index contributed by atoms with van der Waals surface area (Å²) in [4.78, 5) is 49.4. The average molecular weight is 405 g/mol. The Bertz CT molecular complexity index is 701. The molecule has 4 aliphatic carbocycles. The van der Waals surface area contributed by atoms with Gasteiger partial charge in [0.2, 0.25) is 0 Å². The molecule has 0 aromatic rings. The largest absolute Gasteiger partial charge is 0.454 e. The Morgan fingerprint density at radius 3 is 2.24 bits per heavy atom. The summed E-state index contributed by atoms with van der Waals surface area (Å²) in [6.45, 7) is 3.18. The Morgan fingerprint density at radius 1 is 1.14 bits per heavy atom. The number of rotatable bonds is 7. The predicted octanol–water partition coefficient (Wildman–Crippen LogP) is 1.58. The molecule has 0 spiro atoms. The van der Waals surface area contributed by atoms with Gasteiger partial charge in [0.15, 0.2) is 6.61 Å². The molecule has 2 N–H and O–H groups in total. The minimum absolute atomic E-state index is 0.221. The molecule has 5 fully saturated rings. The van der Waals surface area contributed by atoms with Gasteiger partial charge in [0.05, 0.1) is 0 Å². The second kappa shape index (κ2) is 7.29. The average Bonchev–Trinajstić information content (AvgIpc) is 2.87. The third kappa shape index (κ3) is 3.85. The second-order valence-electron chi connectivity index (χ2n) is 9.86. The van der Waals surface area contributed by atoms with Crippen LogP contribution >= 0.6 is 0 Å². The van der Waals surface area contributed by atoms with Crippen LogP contribution < -0.4 is 10.6 Å². The lowest BCUT2D eigenvalue weighted by Crippen LogP contribution is -2.51. The summed E-state index contributed by atoms with van der Waals surface area (Å²) in [7, 11) is 0. The molecule has 0 aromatic heterocycles. The van der Waals surface area contributed by atoms with E-state index < -0.39 is 30.0 Å². The molecule has 0 radical (unpaired) electrons. The van der Waals surface area contributed by atoms with Crippen molar-refractivity contribution in [2.45, 2.75) is 64.3 Å². The summed E-state index contributed by atoms with van der Waals surface area (Å²) >= 11 is 0. The number of imide groups is 1. The molecule has 4 saturated carbocycles. The maximum absolute atomic E-state index is 12.3. The van der Waals surface area contributed by atoms with Crippen molar-refractivity contribution >= 4 is 23.8 Å². The Hall–Kier alpha value is -2.12. The van der Waals surface area contributed by atoms with Gasteiger partial charge in [-0.05, 0) is 75.0 Å². The second-order valence-corrected chi connectivity index (χ2v) is 9.86. The smallest absolute Gasteiger partial charge is 0.326 e. The monoisotopic (exact) mass is 405 g/mol. The molecule has 5 rings (SSSR count). The number of nitrogens with zero attached hydrogens (tertiary/aromatic N) is 1. The van der Waals surface area contributed by atoms with Crippen molar-refractivity contribution in [3.8, 4) is 0 Å². The van der Waals surface area contributed by atoms with Crippen LogP contribution in [0.25, 0.3) is 0 Å². The van der Waals surface area contributed by atoms with E-state index in [1.165, 1.54) is 38.5 Å². The number of amides is 4. The topological polar surface area (TPSA) is 105 Å². The molecule has 0 unspecified atom stereocenters. The molecule has 8 nitrogen and oxygen atoms in total. The Kier molecular flexibility index (Phi) is 5.07. The molecule has 0 aromatic carbocycles. The Labute approximate surface area is 171 Å². The number of esters is 1. The predicted molar refractivity (Wildman–Crippen MR) is 104 cm³/mol. The maximum atomic E-state index is 12.3. The van der Waals surface area contributed by atoms with Crippen LogP contribution in [0.5, 0.6) is 0 Å². The first-order valence-corrected chi connectivity index (χ1v) is 10.8. The van der Waals surface area contributed by atoms with Crippen molar-refractivity contribution in [3.63, 3.8) is 0 Å². The highest BCUT2D eigenvalue weighted by molar-refractivity contribution is 6.08. The molecule has 29 heavy (non-hydrogen) atoms. The number of hydrogen-bond donors (Lipinski definition) is 2. The number of ether oxygens (including phenoxy) is 1. The summed E-state index contributed by atoms with van der Waals surface area (Å²) < 4.78 is 5.01. The molecule has 8 heteroatoms. The van der Waals surface area contributed by atoms with Gasteiger partial charge in [0, 0.05) is 6.54 Å². The highest BCUT2D eigenvalue weighted by Crippen LogP contribution is 2.59. The molecular formula is C21H31N3O5. The van der Waals surface area contributed by atoms with E-state index in [0.29, 0.717) is 13.0 Å². The first-order valence-electron chi connectivity index (χ1n) is 10.8. The van der Waals surface area contributed by atoms with Crippen LogP contribution in [0.2, 0.25) is 0 Å². The van der Waals surface area contributed by atoms with Gasteiger partial charge in [-0.25, -0.2) is 4.79 Å². The summed E-state index contributed by atoms with van der Waals surface area (Å²) in [5, 5.41) is 5.54. The van der Waals surface area contributed by atoms with Gasteiger partial charge in [-0.2, -0.15) is 0 Å². The van der Waals surface area contributed by atoms with Gasteiger partial charge in [-0.15, -0.1) is 0 Å². The molecule has 1 atom stereocenters. The van der Waals surface area contributed by atoms with Crippen LogP contribution in [0.4, 0.5) is 4.79 Å². The quantitative estimate of drug-likeness (QED) is 0.494. The van der Waals surface area contributed by atoms with Crippen molar-refractivity contribution in [1.82, 2.24) is 15.5 Å². The third-order valence-electron chi connectivity index (χ3n) is 7.53. The molecular weight excluding hydrogens is 374 g/mol. The molecule has 1 heterocycles. The van der Waals surface area contributed by atoms with E-state index in [4.69, 9.17) is 4.74 Å². The SMILES string of the molecule is CC[C@]1(C)NC(=O)N(CC(=O)OCC(=O)NCC23CC4CC(CC(C4)C2)C3)C1=O. The summed E-state index contributed by atoms with van der Waals surface area (Å²) in [6.07, 6.45) is 8.07. The van der Waals surface area contributed by atoms with E-state index in [1.807, 2.05) is 0 Å². The van der Waals surface area contributed by atoms with Crippen LogP contribution in [0.3, 0.4) is 0 Å². The highest BCUT2D eigenvalue weighted by Gasteiger charge is 2.51. The normalized spacial score (nSPS) is 37.6. The lowest BCUT2D eigenvalue weighted by Gasteiger charge is -2.56. The van der Waals surface area contributed by atoms with Crippen LogP contribution in [0.15, 0.2) is 0 Å². The number of urea groups is 1. The van der Waals surface area contributed by atoms with Gasteiger partial charge in [0.25, 0.3) is 11.8 Å². The van der Waals surface area contributed by atoms with E-state index in [9.17, 15) is 19.2 Å². The Morgan fingerprint density at radius 2 is 1.72 bits per heavy atom. The maximum Gasteiger partial charge on any atom is 0.326 e. The number of hydrogen-bond acceptors (Lipinski definition) is 5. The van der Waals surface area contributed by atoms with Crippen molar-refractivity contribution in [3.05, 3.63) is 0 Å². The zero-order valence-corrected chi connectivity index (χ0v) is 17.3. The fraction of sp³-hybridized carbons (Fsp3) is 0.810. The minimum Gasteiger partial charge on any atom is -0.454 e. The summed E-state index contributed by atoms with van der Waals surface area (Å²) in [5.74, 6) is 0.897. The van der Waals surface area contributed by atoms with E-state index in [2.05, 4.69) is 10.6 Å². The van der Waals surface area contributed by atoms with Crippen molar-refractivity contribution in [2.24, 2.45) is 23.2 Å². The van der Waals surface area contributed by atoms with E-state index in [-0.39, 0.29) is 17.9 Å². The summed E-state index contributed by atoms with van der Waals surface area (Å²) in [5.41, 5.74) is -0.772. The first kappa shape index (κ1) is 20.2. The lowest BCUT2D eigenvalue weighted by atomic mass is 9.49. The van der Waals surface area contributed by atoms with Gasteiger partial charge in [0.1, 0.15) is 12.1 Å². The highest BCUT2D eigenvalue weighted by atomic mass is 16.5. The standard InChI is InChI=1S/C21H31N3O5/c1-3-20(2)18(27)24(19(28)23-20)10-17(26)29-11-16(25)22-12-21-7-13-4-14(8-21)6-15(5-13)9-21/h13-15H,3-12H2,1-2H3,(H,22,25)(H,23,28)/t13?,14?,15?,20-,21?/m0/s1. The molecule has 4 amide bonds. The Balaban J connectivity index is 1.22. The zero-order valence-electron chi connectivity index (χ0n) is 17.3. The summed E-state index contributed by atoms with van der Waals surface area (Å²) in [6, 6.07) is -0.609. The fourth-order valence-electron chi connectivity index (χ4n) is 6.29. The van der Waals surface area contributed by atoms with E-state index >= 15 is 0 Å². The number of nitrogens with one attached hydrogen (secondary N) is 2. The third-order valence-corrected chi connectivity index (χ3v) is 7.53. The fourth-order valence-corrected chi connectivity index (χ4v) is 6.29. The molecule has 1 aliphatic heterocycles. The van der Waals surface area contributed by atoms with Crippen LogP contribution in [0, 0.1) is 23.2 Å². The van der Waals surface area contributed by atoms with E-state index in [0.717, 1.165) is 22.7 Å². The van der Waals surface area contributed by atoms with Gasteiger partial charge < -0.3 is 15.4 Å². The molecule has 4 bridgehead atoms. The van der Waals surface area contributed by atoms with Gasteiger partial charge >= 0.3 is 12.0 Å². The van der Waals surface area contributed by atoms with Gasteiger partial charge in [-0.1, -0.05) is 6.92 Å². The zero-order chi connectivity index (χ0) is 20.8. The first-order chi connectivity index (χ1) is 13.7. The molecule has 5 aliphatic rings. The van der Waals surface area contributed by atoms with Crippen molar-refractivity contribution in [2.75, 3.05) is 19.7 Å². The van der Waals surface area contributed by atoms with Crippen LogP contribution in [0.1, 0.15) is 58.8 Å². The van der Waals surface area contributed by atoms with Crippen molar-refractivity contribution < 1.29 is 23.9 Å². The molecule has 160 valence electrons. The van der Waals surface area contributed by atoms with Gasteiger partial charge in [-0.3, -0.25) is 19.3 Å². The minimum atomic E-state index is -0.993.